The van der Waals surface area contributed by atoms with Gasteiger partial charge in [0.25, 0.3) is 0 Å². The van der Waals surface area contributed by atoms with E-state index in [2.05, 4.69) is 15.4 Å². The lowest BCUT2D eigenvalue weighted by Gasteiger charge is -2.10. The van der Waals surface area contributed by atoms with Gasteiger partial charge in [-0.05, 0) is 24.3 Å². The molecule has 0 aromatic heterocycles. The molecule has 0 atom stereocenters. The number of aromatic hydroxyl groups is 1. The number of phenols is 1. The average molecular weight is 290 g/mol. The van der Waals surface area contributed by atoms with Gasteiger partial charge in [-0.3, -0.25) is 5.32 Å². The molecule has 110 valence electrons. The monoisotopic (exact) mass is 290 g/mol. The number of amides is 1. The minimum Gasteiger partial charge on any atom is -0.505 e. The van der Waals surface area contributed by atoms with E-state index in [1.165, 1.54) is 19.2 Å². The summed E-state index contributed by atoms with van der Waals surface area (Å²) in [5.74, 6) is -1.02. The van der Waals surface area contributed by atoms with Gasteiger partial charge in [-0.1, -0.05) is 18.2 Å². The zero-order valence-electron chi connectivity index (χ0n) is 11.4. The van der Waals surface area contributed by atoms with Crippen molar-refractivity contribution in [3.63, 3.8) is 0 Å². The molecule has 0 aliphatic rings. The molecule has 0 aliphatic carbocycles. The fraction of sp³-hybridized carbons (Fsp3) is 0.133. The number of anilines is 2. The largest absolute Gasteiger partial charge is 0.505 e. The molecule has 2 aromatic carbocycles. The summed E-state index contributed by atoms with van der Waals surface area (Å²) in [6.45, 7) is 0.255. The maximum atomic E-state index is 13.2. The number of rotatable bonds is 4. The van der Waals surface area contributed by atoms with Crippen molar-refractivity contribution in [1.82, 2.24) is 0 Å². The van der Waals surface area contributed by atoms with Crippen molar-refractivity contribution in [2.75, 3.05) is 17.7 Å². The third-order valence-electron chi connectivity index (χ3n) is 2.85. The van der Waals surface area contributed by atoms with Crippen LogP contribution in [0.15, 0.2) is 42.5 Å². The summed E-state index contributed by atoms with van der Waals surface area (Å²) in [7, 11) is 1.28. The molecule has 0 saturated carbocycles. The molecule has 2 aromatic rings. The third kappa shape index (κ3) is 3.85. The first-order valence-corrected chi connectivity index (χ1v) is 6.25. The number of benzene rings is 2. The lowest BCUT2D eigenvalue weighted by Crippen LogP contribution is -2.11. The molecule has 0 fully saturated rings. The Bertz CT molecular complexity index is 647. The summed E-state index contributed by atoms with van der Waals surface area (Å²) in [5, 5.41) is 15.2. The van der Waals surface area contributed by atoms with Crippen LogP contribution in [0.3, 0.4) is 0 Å². The van der Waals surface area contributed by atoms with Crippen molar-refractivity contribution in [3.05, 3.63) is 53.8 Å². The van der Waals surface area contributed by atoms with E-state index in [1.807, 2.05) is 0 Å². The Labute approximate surface area is 121 Å². The Balaban J connectivity index is 2.05. The summed E-state index contributed by atoms with van der Waals surface area (Å²) >= 11 is 0. The standard InChI is InChI=1S/C15H15FN2O3/c1-21-15(20)18-12-6-3-5-11(8-12)17-9-10-4-2-7-13(16)14(10)19/h2-8,17,19H,9H2,1H3,(H,18,20). The highest BCUT2D eigenvalue weighted by atomic mass is 19.1. The first-order valence-electron chi connectivity index (χ1n) is 6.25. The number of phenolic OH excluding ortho intramolecular Hbond substituents is 1. The molecule has 0 radical (unpaired) electrons. The Kier molecular flexibility index (Phi) is 4.61. The zero-order chi connectivity index (χ0) is 15.2. The van der Waals surface area contributed by atoms with E-state index in [0.717, 1.165) is 0 Å². The smallest absolute Gasteiger partial charge is 0.411 e. The highest BCUT2D eigenvalue weighted by Gasteiger charge is 2.06. The number of hydrogen-bond acceptors (Lipinski definition) is 4. The Morgan fingerprint density at radius 2 is 1.95 bits per heavy atom. The maximum Gasteiger partial charge on any atom is 0.411 e. The van der Waals surface area contributed by atoms with Crippen LogP contribution in [0, 0.1) is 5.82 Å². The quantitative estimate of drug-likeness (QED) is 0.808. The average Bonchev–Trinajstić information content (AvgIpc) is 2.49. The van der Waals surface area contributed by atoms with Crippen molar-refractivity contribution in [3.8, 4) is 5.75 Å². The van der Waals surface area contributed by atoms with E-state index in [1.54, 1.807) is 30.3 Å². The number of carbonyl (C=O) groups is 1. The predicted molar refractivity (Wildman–Crippen MR) is 77.9 cm³/mol. The molecular weight excluding hydrogens is 275 g/mol. The molecular formula is C15H15FN2O3. The minimum atomic E-state index is -0.657. The molecule has 1 amide bonds. The molecule has 6 heteroatoms. The van der Waals surface area contributed by atoms with Crippen LogP contribution in [0.1, 0.15) is 5.56 Å². The minimum absolute atomic E-state index is 0.255. The van der Waals surface area contributed by atoms with Crippen molar-refractivity contribution in [1.29, 1.82) is 0 Å². The van der Waals surface area contributed by atoms with Crippen molar-refractivity contribution in [2.24, 2.45) is 0 Å². The molecule has 0 bridgehead atoms. The van der Waals surface area contributed by atoms with Gasteiger partial charge in [0.2, 0.25) is 0 Å². The number of hydrogen-bond donors (Lipinski definition) is 3. The van der Waals surface area contributed by atoms with Crippen LogP contribution in [0.25, 0.3) is 0 Å². The Morgan fingerprint density at radius 1 is 1.24 bits per heavy atom. The van der Waals surface area contributed by atoms with Gasteiger partial charge in [0.15, 0.2) is 11.6 Å². The van der Waals surface area contributed by atoms with Crippen molar-refractivity contribution >= 4 is 17.5 Å². The number of para-hydroxylation sites is 1. The van der Waals surface area contributed by atoms with Crippen LogP contribution in [0.5, 0.6) is 5.75 Å². The number of methoxy groups -OCH3 is 1. The molecule has 0 heterocycles. The SMILES string of the molecule is COC(=O)Nc1cccc(NCc2cccc(F)c2O)c1. The highest BCUT2D eigenvalue weighted by molar-refractivity contribution is 5.85. The molecule has 0 aliphatic heterocycles. The van der Waals surface area contributed by atoms with Crippen LogP contribution < -0.4 is 10.6 Å². The highest BCUT2D eigenvalue weighted by Crippen LogP contribution is 2.22. The Hall–Kier alpha value is -2.76. The molecule has 0 saturated heterocycles. The van der Waals surface area contributed by atoms with Gasteiger partial charge >= 0.3 is 6.09 Å². The molecule has 5 nitrogen and oxygen atoms in total. The molecule has 2 rings (SSSR count). The maximum absolute atomic E-state index is 13.2. The molecule has 3 N–H and O–H groups in total. The van der Waals surface area contributed by atoms with E-state index in [4.69, 9.17) is 0 Å². The van der Waals surface area contributed by atoms with E-state index in [0.29, 0.717) is 16.9 Å². The van der Waals surface area contributed by atoms with E-state index in [-0.39, 0.29) is 12.3 Å². The first-order chi connectivity index (χ1) is 10.1. The molecule has 0 spiro atoms. The summed E-state index contributed by atoms with van der Waals surface area (Å²) in [4.78, 5) is 11.1. The van der Waals surface area contributed by atoms with Crippen LogP contribution in [-0.4, -0.2) is 18.3 Å². The van der Waals surface area contributed by atoms with Gasteiger partial charge in [0.1, 0.15) is 0 Å². The van der Waals surface area contributed by atoms with Gasteiger partial charge in [-0.25, -0.2) is 9.18 Å². The van der Waals surface area contributed by atoms with E-state index >= 15 is 0 Å². The van der Waals surface area contributed by atoms with Gasteiger partial charge in [-0.15, -0.1) is 0 Å². The number of halogens is 1. The lowest BCUT2D eigenvalue weighted by molar-refractivity contribution is 0.187. The fourth-order valence-electron chi connectivity index (χ4n) is 1.78. The van der Waals surface area contributed by atoms with Gasteiger partial charge < -0.3 is 15.2 Å². The fourth-order valence-corrected chi connectivity index (χ4v) is 1.78. The second-order valence-corrected chi connectivity index (χ2v) is 4.30. The normalized spacial score (nSPS) is 10.0. The summed E-state index contributed by atoms with van der Waals surface area (Å²) in [6.07, 6.45) is -0.560. The van der Waals surface area contributed by atoms with E-state index < -0.39 is 11.9 Å². The first kappa shape index (κ1) is 14.6. The number of carbonyl (C=O) groups excluding carboxylic acids is 1. The third-order valence-corrected chi connectivity index (χ3v) is 2.85. The summed E-state index contributed by atoms with van der Waals surface area (Å²) in [6, 6.07) is 11.3. The molecule has 21 heavy (non-hydrogen) atoms. The van der Waals surface area contributed by atoms with Gasteiger partial charge in [0, 0.05) is 23.5 Å². The second kappa shape index (κ2) is 6.60. The van der Waals surface area contributed by atoms with Gasteiger partial charge in [-0.2, -0.15) is 0 Å². The molecule has 0 unspecified atom stereocenters. The van der Waals surface area contributed by atoms with Crippen molar-refractivity contribution < 1.29 is 19.0 Å². The van der Waals surface area contributed by atoms with Crippen LogP contribution in [0.4, 0.5) is 20.6 Å². The summed E-state index contributed by atoms with van der Waals surface area (Å²) < 4.78 is 17.7. The second-order valence-electron chi connectivity index (χ2n) is 4.30. The predicted octanol–water partition coefficient (Wildman–Crippen LogP) is 3.32. The number of ether oxygens (including phenoxy) is 1. The Morgan fingerprint density at radius 3 is 2.71 bits per heavy atom. The lowest BCUT2D eigenvalue weighted by atomic mass is 10.2. The topological polar surface area (TPSA) is 70.6 Å². The summed E-state index contributed by atoms with van der Waals surface area (Å²) in [5.41, 5.74) is 1.73. The van der Waals surface area contributed by atoms with Crippen LogP contribution in [-0.2, 0) is 11.3 Å². The zero-order valence-corrected chi connectivity index (χ0v) is 11.4. The van der Waals surface area contributed by atoms with Crippen LogP contribution in [0.2, 0.25) is 0 Å². The number of nitrogens with one attached hydrogen (secondary N) is 2. The van der Waals surface area contributed by atoms with Crippen LogP contribution >= 0.6 is 0 Å². The van der Waals surface area contributed by atoms with Crippen molar-refractivity contribution in [2.45, 2.75) is 6.54 Å². The van der Waals surface area contributed by atoms with E-state index in [9.17, 15) is 14.3 Å². The van der Waals surface area contributed by atoms with Gasteiger partial charge in [0.05, 0.1) is 7.11 Å².